The molecular weight excluding hydrogens is 432 g/mol. The third kappa shape index (κ3) is 8.37. The Morgan fingerprint density at radius 1 is 1.09 bits per heavy atom. The van der Waals surface area contributed by atoms with Gasteiger partial charge in [-0.1, -0.05) is 48.9 Å². The molecular formula is C27H36N2O5. The van der Waals surface area contributed by atoms with E-state index in [2.05, 4.69) is 17.4 Å². The second-order valence-corrected chi connectivity index (χ2v) is 8.69. The first kappa shape index (κ1) is 25.6. The third-order valence-corrected chi connectivity index (χ3v) is 6.14. The van der Waals surface area contributed by atoms with E-state index in [1.54, 1.807) is 6.92 Å². The van der Waals surface area contributed by atoms with Crippen molar-refractivity contribution in [1.29, 1.82) is 0 Å². The zero-order valence-electron chi connectivity index (χ0n) is 19.9. The molecule has 2 N–H and O–H groups in total. The monoisotopic (exact) mass is 468 g/mol. The number of carboxylic acid groups (broad SMARTS) is 1. The smallest absolute Gasteiger partial charge is 0.333 e. The van der Waals surface area contributed by atoms with E-state index in [-0.39, 0.29) is 6.03 Å². The van der Waals surface area contributed by atoms with Crippen molar-refractivity contribution >= 4 is 12.0 Å². The molecule has 2 amide bonds. The lowest BCUT2D eigenvalue weighted by molar-refractivity contribution is -0.149. The number of hydrogen-bond donors (Lipinski definition) is 2. The Morgan fingerprint density at radius 3 is 2.44 bits per heavy atom. The van der Waals surface area contributed by atoms with Crippen molar-refractivity contribution in [3.63, 3.8) is 0 Å². The average molecular weight is 469 g/mol. The van der Waals surface area contributed by atoms with Crippen molar-refractivity contribution < 1.29 is 24.2 Å². The topological polar surface area (TPSA) is 88.1 Å². The summed E-state index contributed by atoms with van der Waals surface area (Å²) in [6, 6.07) is 17.5. The molecule has 1 atom stereocenters. The zero-order valence-corrected chi connectivity index (χ0v) is 19.9. The van der Waals surface area contributed by atoms with Gasteiger partial charge in [0.15, 0.2) is 6.10 Å². The average Bonchev–Trinajstić information content (AvgIpc) is 2.81. The van der Waals surface area contributed by atoms with Gasteiger partial charge < -0.3 is 24.8 Å². The minimum Gasteiger partial charge on any atom is -0.492 e. The fourth-order valence-electron chi connectivity index (χ4n) is 3.96. The van der Waals surface area contributed by atoms with E-state index in [9.17, 15) is 14.7 Å². The molecule has 0 radical (unpaired) electrons. The number of urea groups is 1. The Bertz CT molecular complexity index is 884. The standard InChI is InChI=1S/C27H36N2O5/c1-2-33-25(26(30)31)19-22-11-13-24(14-12-22)34-18-17-29(20-23-9-6-10-23)27(32)28-16-15-21-7-4-3-5-8-21/h3-5,7-8,11-14,23,25H,2,6,9-10,15-20H2,1H3,(H,28,32)(H,30,31). The number of benzene rings is 2. The predicted molar refractivity (Wildman–Crippen MR) is 131 cm³/mol. The van der Waals surface area contributed by atoms with Crippen molar-refractivity contribution in [3.8, 4) is 5.75 Å². The molecule has 1 fully saturated rings. The Morgan fingerprint density at radius 2 is 1.82 bits per heavy atom. The van der Waals surface area contributed by atoms with Crippen LogP contribution in [0.25, 0.3) is 0 Å². The lowest BCUT2D eigenvalue weighted by Crippen LogP contribution is -2.45. The molecule has 3 rings (SSSR count). The number of carboxylic acids is 1. The van der Waals surface area contributed by atoms with Gasteiger partial charge in [0.2, 0.25) is 0 Å². The van der Waals surface area contributed by atoms with E-state index >= 15 is 0 Å². The number of hydrogen-bond acceptors (Lipinski definition) is 4. The van der Waals surface area contributed by atoms with E-state index in [0.29, 0.717) is 44.4 Å². The van der Waals surface area contributed by atoms with Gasteiger partial charge >= 0.3 is 12.0 Å². The van der Waals surface area contributed by atoms with Crippen LogP contribution in [0.5, 0.6) is 5.75 Å². The summed E-state index contributed by atoms with van der Waals surface area (Å²) < 4.78 is 11.2. The number of nitrogens with one attached hydrogen (secondary N) is 1. The highest BCUT2D eigenvalue weighted by molar-refractivity contribution is 5.74. The molecule has 0 bridgehead atoms. The maximum atomic E-state index is 12.8. The zero-order chi connectivity index (χ0) is 24.2. The van der Waals surface area contributed by atoms with Gasteiger partial charge in [0.25, 0.3) is 0 Å². The molecule has 7 nitrogen and oxygen atoms in total. The molecule has 0 spiro atoms. The SMILES string of the molecule is CCOC(Cc1ccc(OCCN(CC2CCC2)C(=O)NCCc2ccccc2)cc1)C(=O)O. The molecule has 184 valence electrons. The van der Waals surface area contributed by atoms with Gasteiger partial charge in [0.05, 0.1) is 6.54 Å². The van der Waals surface area contributed by atoms with Crippen molar-refractivity contribution in [2.75, 3.05) is 32.8 Å². The van der Waals surface area contributed by atoms with Crippen molar-refractivity contribution in [2.24, 2.45) is 5.92 Å². The van der Waals surface area contributed by atoms with E-state index in [0.717, 1.165) is 18.5 Å². The highest BCUT2D eigenvalue weighted by Gasteiger charge is 2.23. The fraction of sp³-hybridized carbons (Fsp3) is 0.481. The van der Waals surface area contributed by atoms with E-state index in [1.165, 1.54) is 24.8 Å². The van der Waals surface area contributed by atoms with Crippen LogP contribution >= 0.6 is 0 Å². The summed E-state index contributed by atoms with van der Waals surface area (Å²) in [4.78, 5) is 25.9. The van der Waals surface area contributed by atoms with Crippen LogP contribution in [0.3, 0.4) is 0 Å². The second-order valence-electron chi connectivity index (χ2n) is 8.69. The Labute approximate surface area is 202 Å². The molecule has 2 aromatic carbocycles. The van der Waals surface area contributed by atoms with Crippen LogP contribution in [-0.4, -0.2) is 61.0 Å². The maximum absolute atomic E-state index is 12.8. The summed E-state index contributed by atoms with van der Waals surface area (Å²) in [5.41, 5.74) is 2.08. The summed E-state index contributed by atoms with van der Waals surface area (Å²) in [6.45, 7) is 4.41. The van der Waals surface area contributed by atoms with Gasteiger partial charge in [-0.2, -0.15) is 0 Å². The third-order valence-electron chi connectivity index (χ3n) is 6.14. The van der Waals surface area contributed by atoms with Crippen molar-refractivity contribution in [2.45, 2.75) is 45.1 Å². The van der Waals surface area contributed by atoms with E-state index < -0.39 is 12.1 Å². The van der Waals surface area contributed by atoms with Gasteiger partial charge in [-0.15, -0.1) is 0 Å². The molecule has 0 heterocycles. The Kier molecular flexibility index (Phi) is 10.2. The van der Waals surface area contributed by atoms with Crippen LogP contribution in [0.15, 0.2) is 54.6 Å². The second kappa shape index (κ2) is 13.6. The number of rotatable bonds is 14. The fourth-order valence-corrected chi connectivity index (χ4v) is 3.96. The van der Waals surface area contributed by atoms with Gasteiger partial charge in [-0.05, 0) is 55.4 Å². The summed E-state index contributed by atoms with van der Waals surface area (Å²) in [7, 11) is 0. The molecule has 2 aromatic rings. The van der Waals surface area contributed by atoms with Crippen LogP contribution in [0.4, 0.5) is 4.79 Å². The summed E-state index contributed by atoms with van der Waals surface area (Å²) in [5, 5.41) is 12.3. The number of carbonyl (C=O) groups is 2. The lowest BCUT2D eigenvalue weighted by Gasteiger charge is -2.32. The van der Waals surface area contributed by atoms with Crippen LogP contribution in [0.2, 0.25) is 0 Å². The maximum Gasteiger partial charge on any atom is 0.333 e. The number of nitrogens with zero attached hydrogens (tertiary/aromatic N) is 1. The Hall–Kier alpha value is -3.06. The van der Waals surface area contributed by atoms with Crippen LogP contribution in [0.1, 0.15) is 37.3 Å². The van der Waals surface area contributed by atoms with Gasteiger partial charge in [-0.25, -0.2) is 9.59 Å². The molecule has 7 heteroatoms. The van der Waals surface area contributed by atoms with E-state index in [1.807, 2.05) is 47.4 Å². The van der Waals surface area contributed by atoms with Crippen LogP contribution < -0.4 is 10.1 Å². The van der Waals surface area contributed by atoms with Crippen LogP contribution in [-0.2, 0) is 22.4 Å². The van der Waals surface area contributed by atoms with Gasteiger partial charge in [-0.3, -0.25) is 0 Å². The first-order chi connectivity index (χ1) is 16.5. The molecule has 0 saturated heterocycles. The number of carbonyl (C=O) groups excluding carboxylic acids is 1. The molecule has 1 aliphatic carbocycles. The minimum absolute atomic E-state index is 0.0441. The molecule has 0 aliphatic heterocycles. The number of ether oxygens (including phenoxy) is 2. The molecule has 1 aliphatic rings. The van der Waals surface area contributed by atoms with E-state index in [4.69, 9.17) is 9.47 Å². The highest BCUT2D eigenvalue weighted by Crippen LogP contribution is 2.27. The molecule has 0 aromatic heterocycles. The summed E-state index contributed by atoms with van der Waals surface area (Å²) in [5.74, 6) is 0.308. The number of aliphatic carboxylic acids is 1. The first-order valence-electron chi connectivity index (χ1n) is 12.2. The number of amides is 2. The van der Waals surface area contributed by atoms with Crippen molar-refractivity contribution in [1.82, 2.24) is 10.2 Å². The minimum atomic E-state index is -0.962. The quantitative estimate of drug-likeness (QED) is 0.435. The molecule has 1 saturated carbocycles. The molecule has 1 unspecified atom stereocenters. The largest absolute Gasteiger partial charge is 0.492 e. The predicted octanol–water partition coefficient (Wildman–Crippen LogP) is 4.15. The first-order valence-corrected chi connectivity index (χ1v) is 12.2. The van der Waals surface area contributed by atoms with Crippen molar-refractivity contribution in [3.05, 3.63) is 65.7 Å². The highest BCUT2D eigenvalue weighted by atomic mass is 16.5. The van der Waals surface area contributed by atoms with Gasteiger partial charge in [0.1, 0.15) is 12.4 Å². The lowest BCUT2D eigenvalue weighted by atomic mass is 9.85. The van der Waals surface area contributed by atoms with Gasteiger partial charge in [0, 0.05) is 26.1 Å². The molecule has 34 heavy (non-hydrogen) atoms. The normalized spacial score (nSPS) is 14.1. The summed E-state index contributed by atoms with van der Waals surface area (Å²) >= 11 is 0. The summed E-state index contributed by atoms with van der Waals surface area (Å²) in [6.07, 6.45) is 3.85. The Balaban J connectivity index is 1.45. The van der Waals surface area contributed by atoms with Crippen LogP contribution in [0, 0.1) is 5.92 Å².